The van der Waals surface area contributed by atoms with Crippen molar-refractivity contribution in [1.29, 1.82) is 0 Å². The van der Waals surface area contributed by atoms with Crippen LogP contribution in [0.3, 0.4) is 0 Å². The van der Waals surface area contributed by atoms with Crippen LogP contribution in [0.1, 0.15) is 48.9 Å². The van der Waals surface area contributed by atoms with E-state index in [4.69, 9.17) is 21.4 Å². The molecule has 9 heteroatoms. The van der Waals surface area contributed by atoms with Gasteiger partial charge in [0.05, 0.1) is 25.2 Å². The van der Waals surface area contributed by atoms with E-state index in [-0.39, 0.29) is 0 Å². The van der Waals surface area contributed by atoms with E-state index in [9.17, 15) is 4.79 Å². The summed E-state index contributed by atoms with van der Waals surface area (Å²) in [6, 6.07) is 5.37. The zero-order chi connectivity index (χ0) is 24.4. The molecule has 4 saturated carbocycles. The predicted octanol–water partition coefficient (Wildman–Crippen LogP) is 5.31. The molecule has 0 amide bonds. The van der Waals surface area contributed by atoms with E-state index < -0.39 is 5.97 Å². The summed E-state index contributed by atoms with van der Waals surface area (Å²) in [4.78, 5) is 17.5. The van der Waals surface area contributed by atoms with E-state index in [1.54, 1.807) is 18.3 Å². The molecular weight excluding hydrogens is 476 g/mol. The van der Waals surface area contributed by atoms with Crippen LogP contribution in [0.4, 0.5) is 0 Å². The number of ether oxygens (including phenoxy) is 1. The van der Waals surface area contributed by atoms with Gasteiger partial charge in [-0.1, -0.05) is 11.6 Å². The summed E-state index contributed by atoms with van der Waals surface area (Å²) in [7, 11) is 1.39. The van der Waals surface area contributed by atoms with Gasteiger partial charge in [0.15, 0.2) is 10.8 Å². The summed E-state index contributed by atoms with van der Waals surface area (Å²) < 4.78 is 9.09. The van der Waals surface area contributed by atoms with Gasteiger partial charge in [0.25, 0.3) is 0 Å². The van der Waals surface area contributed by atoms with Crippen molar-refractivity contribution in [2.45, 2.75) is 45.1 Å². The molecule has 0 N–H and O–H groups in total. The highest BCUT2D eigenvalue weighted by atomic mass is 35.5. The number of esters is 1. The minimum atomic E-state index is -0.441. The summed E-state index contributed by atoms with van der Waals surface area (Å²) in [5, 5.41) is 13.2. The van der Waals surface area contributed by atoms with E-state index >= 15 is 0 Å². The number of fused-ring (bicyclic) bond motifs is 1. The second-order valence-electron chi connectivity index (χ2n) is 11.0. The fourth-order valence-electron chi connectivity index (χ4n) is 7.65. The van der Waals surface area contributed by atoms with Gasteiger partial charge in [-0.3, -0.25) is 9.08 Å². The van der Waals surface area contributed by atoms with Crippen molar-refractivity contribution in [3.8, 4) is 22.5 Å². The number of rotatable bonds is 5. The minimum absolute atomic E-state index is 0.315. The van der Waals surface area contributed by atoms with Gasteiger partial charge in [-0.05, 0) is 79.9 Å². The van der Waals surface area contributed by atoms with E-state index in [1.165, 1.54) is 45.6 Å². The third-order valence-electron chi connectivity index (χ3n) is 8.57. The highest BCUT2D eigenvalue weighted by Crippen LogP contribution is 2.60. The van der Waals surface area contributed by atoms with Crippen LogP contribution < -0.4 is 0 Å². The van der Waals surface area contributed by atoms with E-state index in [1.807, 2.05) is 22.9 Å². The first-order valence-corrected chi connectivity index (χ1v) is 13.0. The molecule has 0 unspecified atom stereocenters. The molecular formula is C27H27ClN6O2. The molecule has 4 heterocycles. The number of nitrogens with zero attached hydrogens (tertiary/aromatic N) is 6. The molecule has 0 saturated heterocycles. The third-order valence-corrected chi connectivity index (χ3v) is 8.77. The number of carbonyl (C=O) groups is 1. The molecule has 0 radical (unpaired) electrons. The summed E-state index contributed by atoms with van der Waals surface area (Å²) >= 11 is 5.90. The number of carbonyl (C=O) groups excluding carboxylic acids is 1. The van der Waals surface area contributed by atoms with Crippen LogP contribution in [0.15, 0.2) is 43.0 Å². The van der Waals surface area contributed by atoms with Crippen LogP contribution in [-0.2, 0) is 11.3 Å². The largest absolute Gasteiger partial charge is 0.465 e. The minimum Gasteiger partial charge on any atom is -0.465 e. The van der Waals surface area contributed by atoms with Crippen molar-refractivity contribution in [3.63, 3.8) is 0 Å². The molecule has 4 bridgehead atoms. The van der Waals surface area contributed by atoms with E-state index in [0.29, 0.717) is 33.2 Å². The lowest BCUT2D eigenvalue weighted by atomic mass is 9.49. The smallest absolute Gasteiger partial charge is 0.342 e. The maximum atomic E-state index is 13.0. The lowest BCUT2D eigenvalue weighted by Gasteiger charge is -2.56. The number of halogens is 1. The Labute approximate surface area is 213 Å². The van der Waals surface area contributed by atoms with Crippen LogP contribution >= 0.6 is 11.6 Å². The first-order chi connectivity index (χ1) is 17.5. The number of pyridine rings is 1. The molecule has 4 aliphatic rings. The fourth-order valence-corrected chi connectivity index (χ4v) is 7.75. The van der Waals surface area contributed by atoms with Crippen LogP contribution in [0, 0.1) is 23.2 Å². The lowest BCUT2D eigenvalue weighted by Crippen LogP contribution is -2.47. The average Bonchev–Trinajstić information content (AvgIpc) is 3.49. The molecule has 8 nitrogen and oxygen atoms in total. The fraction of sp³-hybridized carbons (Fsp3) is 0.444. The second-order valence-corrected chi connectivity index (χ2v) is 11.4. The predicted molar refractivity (Wildman–Crippen MR) is 134 cm³/mol. The van der Waals surface area contributed by atoms with Crippen molar-refractivity contribution < 1.29 is 9.53 Å². The zero-order valence-corrected chi connectivity index (χ0v) is 20.9. The Hall–Kier alpha value is -3.26. The Balaban J connectivity index is 1.25. The number of hydrogen-bond acceptors (Lipinski definition) is 6. The summed E-state index contributed by atoms with van der Waals surface area (Å²) in [6.45, 7) is 0.953. The monoisotopic (exact) mass is 502 g/mol. The maximum Gasteiger partial charge on any atom is 0.342 e. The number of imidazole rings is 1. The van der Waals surface area contributed by atoms with Gasteiger partial charge in [0.1, 0.15) is 11.3 Å². The molecule has 4 aliphatic carbocycles. The molecule has 4 aromatic heterocycles. The van der Waals surface area contributed by atoms with Gasteiger partial charge in [0, 0.05) is 30.1 Å². The molecule has 8 rings (SSSR count). The van der Waals surface area contributed by atoms with Crippen LogP contribution in [0.25, 0.3) is 28.2 Å². The zero-order valence-electron chi connectivity index (χ0n) is 20.1. The highest BCUT2D eigenvalue weighted by molar-refractivity contribution is 6.29. The van der Waals surface area contributed by atoms with Gasteiger partial charge in [0.2, 0.25) is 0 Å². The van der Waals surface area contributed by atoms with Crippen molar-refractivity contribution in [2.24, 2.45) is 23.2 Å². The van der Waals surface area contributed by atoms with Crippen molar-refractivity contribution in [1.82, 2.24) is 29.4 Å². The Morgan fingerprint density at radius 3 is 2.50 bits per heavy atom. The standard InChI is InChI=1S/C27H27ClN6O2/c1-36-26(35)24-20(4-5-34-22(13-29-25(24)34)21-2-3-23(28)32-31-21)19-12-30-33(14-19)15-27-9-16-6-17(10-27)8-18(7-16)11-27/h2-5,12-14,16-18H,6-11,15H2,1H3. The molecule has 0 atom stereocenters. The molecule has 36 heavy (non-hydrogen) atoms. The number of methoxy groups -OCH3 is 1. The summed E-state index contributed by atoms with van der Waals surface area (Å²) in [6.07, 6.45) is 15.8. The average molecular weight is 503 g/mol. The number of aromatic nitrogens is 6. The maximum absolute atomic E-state index is 13.0. The van der Waals surface area contributed by atoms with Gasteiger partial charge in [-0.15, -0.1) is 10.2 Å². The number of hydrogen-bond donors (Lipinski definition) is 0. The van der Waals surface area contributed by atoms with Gasteiger partial charge >= 0.3 is 5.97 Å². The molecule has 4 fully saturated rings. The van der Waals surface area contributed by atoms with Gasteiger partial charge in [-0.2, -0.15) is 5.10 Å². The first kappa shape index (κ1) is 22.0. The quantitative estimate of drug-likeness (QED) is 0.344. The first-order valence-electron chi connectivity index (χ1n) is 12.6. The van der Waals surface area contributed by atoms with Crippen molar-refractivity contribution in [2.75, 3.05) is 7.11 Å². The molecule has 4 aromatic rings. The van der Waals surface area contributed by atoms with E-state index in [0.717, 1.165) is 35.4 Å². The summed E-state index contributed by atoms with van der Waals surface area (Å²) in [5.41, 5.74) is 4.25. The van der Waals surface area contributed by atoms with E-state index in [2.05, 4.69) is 26.1 Å². The Morgan fingerprint density at radius 2 is 1.83 bits per heavy atom. The normalized spacial score (nSPS) is 26.6. The Bertz CT molecular complexity index is 1440. The van der Waals surface area contributed by atoms with Crippen LogP contribution in [-0.4, -0.2) is 42.4 Å². The molecule has 0 aromatic carbocycles. The van der Waals surface area contributed by atoms with Crippen molar-refractivity contribution >= 4 is 23.2 Å². The van der Waals surface area contributed by atoms with Crippen LogP contribution in [0.5, 0.6) is 0 Å². The third kappa shape index (κ3) is 3.53. The Morgan fingerprint density at radius 1 is 1.08 bits per heavy atom. The summed E-state index contributed by atoms with van der Waals surface area (Å²) in [5.74, 6) is 2.27. The van der Waals surface area contributed by atoms with Crippen molar-refractivity contribution in [3.05, 3.63) is 53.7 Å². The highest BCUT2D eigenvalue weighted by Gasteiger charge is 2.51. The SMILES string of the molecule is COC(=O)c1c(-c2cnn(CC34CC5CC(CC(C5)C3)C4)c2)ccn2c(-c3ccc(Cl)nn3)cnc12. The molecule has 184 valence electrons. The topological polar surface area (TPSA) is 87.2 Å². The van der Waals surface area contributed by atoms with Gasteiger partial charge < -0.3 is 4.74 Å². The Kier molecular flexibility index (Phi) is 4.96. The second kappa shape index (κ2) is 8.13. The van der Waals surface area contributed by atoms with Crippen LogP contribution in [0.2, 0.25) is 5.15 Å². The molecule has 0 aliphatic heterocycles. The lowest BCUT2D eigenvalue weighted by molar-refractivity contribution is -0.0635. The molecule has 0 spiro atoms. The van der Waals surface area contributed by atoms with Gasteiger partial charge in [-0.25, -0.2) is 9.78 Å².